The van der Waals surface area contributed by atoms with E-state index in [0.717, 1.165) is 16.8 Å². The quantitative estimate of drug-likeness (QED) is 0.720. The number of pyridine rings is 1. The van der Waals surface area contributed by atoms with Gasteiger partial charge in [-0.1, -0.05) is 36.4 Å². The van der Waals surface area contributed by atoms with E-state index in [9.17, 15) is 0 Å². The Hall–Kier alpha value is -2.56. The fourth-order valence-electron chi connectivity index (χ4n) is 1.70. The number of hydrogen-bond donors (Lipinski definition) is 1. The Bertz CT molecular complexity index is 604. The smallest absolute Gasteiger partial charge is 0.223 e. The summed E-state index contributed by atoms with van der Waals surface area (Å²) in [7, 11) is 0. The molecule has 0 bridgehead atoms. The molecular weight excluding hydrogens is 214 g/mol. The molecule has 0 saturated heterocycles. The molecule has 5 heteroatoms. The van der Waals surface area contributed by atoms with Crippen molar-refractivity contribution in [3.8, 4) is 22.6 Å². The van der Waals surface area contributed by atoms with E-state index in [1.165, 1.54) is 0 Å². The standard InChI is InChI=1S/C12H9N5/c1-2-5-9(6-3-1)10-7-4-8-13-11(10)12-14-16-17-15-12/h1-8H,(H,14,15,16,17). The highest BCUT2D eigenvalue weighted by Gasteiger charge is 2.11. The van der Waals surface area contributed by atoms with E-state index >= 15 is 0 Å². The van der Waals surface area contributed by atoms with Gasteiger partial charge >= 0.3 is 0 Å². The summed E-state index contributed by atoms with van der Waals surface area (Å²) < 4.78 is 0. The second kappa shape index (κ2) is 4.13. The summed E-state index contributed by atoms with van der Waals surface area (Å²) in [6, 6.07) is 13.9. The zero-order valence-electron chi connectivity index (χ0n) is 8.91. The molecule has 17 heavy (non-hydrogen) atoms. The van der Waals surface area contributed by atoms with Crippen LogP contribution in [0.15, 0.2) is 48.7 Å². The average Bonchev–Trinajstić information content (AvgIpc) is 2.94. The number of benzene rings is 1. The molecule has 0 unspecified atom stereocenters. The molecule has 3 rings (SSSR count). The van der Waals surface area contributed by atoms with E-state index in [1.807, 2.05) is 42.5 Å². The van der Waals surface area contributed by atoms with Crippen LogP contribution in [-0.4, -0.2) is 25.6 Å². The number of hydrogen-bond acceptors (Lipinski definition) is 4. The van der Waals surface area contributed by atoms with Crippen molar-refractivity contribution in [2.24, 2.45) is 0 Å². The molecule has 0 atom stereocenters. The second-order valence-corrected chi connectivity index (χ2v) is 3.50. The molecule has 0 aliphatic carbocycles. The molecule has 0 spiro atoms. The lowest BCUT2D eigenvalue weighted by molar-refractivity contribution is 0.881. The van der Waals surface area contributed by atoms with E-state index in [2.05, 4.69) is 25.6 Å². The van der Waals surface area contributed by atoms with Gasteiger partial charge in [0.15, 0.2) is 0 Å². The Kier molecular flexibility index (Phi) is 2.34. The summed E-state index contributed by atoms with van der Waals surface area (Å²) in [4.78, 5) is 4.31. The van der Waals surface area contributed by atoms with Crippen molar-refractivity contribution >= 4 is 0 Å². The lowest BCUT2D eigenvalue weighted by atomic mass is 10.0. The van der Waals surface area contributed by atoms with Gasteiger partial charge in [-0.25, -0.2) is 0 Å². The van der Waals surface area contributed by atoms with Crippen LogP contribution in [0.4, 0.5) is 0 Å². The second-order valence-electron chi connectivity index (χ2n) is 3.50. The molecule has 2 heterocycles. The fraction of sp³-hybridized carbons (Fsp3) is 0. The first kappa shape index (κ1) is 9.65. The van der Waals surface area contributed by atoms with Gasteiger partial charge in [-0.15, -0.1) is 10.2 Å². The number of nitrogens with one attached hydrogen (secondary N) is 1. The van der Waals surface area contributed by atoms with Gasteiger partial charge in [-0.05, 0) is 16.8 Å². The molecule has 1 aromatic carbocycles. The SMILES string of the molecule is c1ccc(-c2cccnc2-c2nn[nH]n2)cc1. The Balaban J connectivity index is 2.18. The van der Waals surface area contributed by atoms with Crippen LogP contribution in [0.2, 0.25) is 0 Å². The summed E-state index contributed by atoms with van der Waals surface area (Å²) in [5.41, 5.74) is 2.81. The minimum atomic E-state index is 0.504. The minimum Gasteiger partial charge on any atom is -0.252 e. The maximum atomic E-state index is 4.31. The van der Waals surface area contributed by atoms with Gasteiger partial charge in [0.2, 0.25) is 5.82 Å². The van der Waals surface area contributed by atoms with Gasteiger partial charge in [-0.3, -0.25) is 4.98 Å². The van der Waals surface area contributed by atoms with Crippen molar-refractivity contribution in [2.75, 3.05) is 0 Å². The van der Waals surface area contributed by atoms with Crippen molar-refractivity contribution in [1.82, 2.24) is 25.6 Å². The molecule has 0 fully saturated rings. The highest BCUT2D eigenvalue weighted by Crippen LogP contribution is 2.26. The molecule has 3 aromatic rings. The van der Waals surface area contributed by atoms with E-state index in [0.29, 0.717) is 5.82 Å². The number of tetrazole rings is 1. The Morgan fingerprint density at radius 1 is 0.941 bits per heavy atom. The lowest BCUT2D eigenvalue weighted by Crippen LogP contribution is -1.90. The van der Waals surface area contributed by atoms with Crippen LogP contribution < -0.4 is 0 Å². The predicted octanol–water partition coefficient (Wildman–Crippen LogP) is 1.93. The third-order valence-corrected chi connectivity index (χ3v) is 2.45. The van der Waals surface area contributed by atoms with E-state index in [1.54, 1.807) is 6.20 Å². The van der Waals surface area contributed by atoms with Crippen molar-refractivity contribution in [3.63, 3.8) is 0 Å². The molecule has 2 aromatic heterocycles. The molecule has 0 aliphatic rings. The summed E-state index contributed by atoms with van der Waals surface area (Å²) >= 11 is 0. The summed E-state index contributed by atoms with van der Waals surface area (Å²) in [6.45, 7) is 0. The topological polar surface area (TPSA) is 67.3 Å². The third kappa shape index (κ3) is 1.78. The highest BCUT2D eigenvalue weighted by molar-refractivity contribution is 5.77. The molecule has 82 valence electrons. The third-order valence-electron chi connectivity index (χ3n) is 2.45. The molecule has 0 radical (unpaired) electrons. The van der Waals surface area contributed by atoms with Crippen LogP contribution in [0, 0.1) is 0 Å². The number of aromatic amines is 1. The van der Waals surface area contributed by atoms with Crippen LogP contribution in [0.5, 0.6) is 0 Å². The van der Waals surface area contributed by atoms with E-state index < -0.39 is 0 Å². The van der Waals surface area contributed by atoms with Crippen LogP contribution in [0.3, 0.4) is 0 Å². The predicted molar refractivity (Wildman–Crippen MR) is 62.8 cm³/mol. The normalized spacial score (nSPS) is 10.4. The molecule has 1 N–H and O–H groups in total. The zero-order valence-corrected chi connectivity index (χ0v) is 8.91. The Morgan fingerprint density at radius 2 is 1.82 bits per heavy atom. The van der Waals surface area contributed by atoms with Crippen molar-refractivity contribution < 1.29 is 0 Å². The monoisotopic (exact) mass is 223 g/mol. The molecule has 0 saturated carbocycles. The summed E-state index contributed by atoms with van der Waals surface area (Å²) in [5.74, 6) is 0.504. The van der Waals surface area contributed by atoms with Crippen molar-refractivity contribution in [3.05, 3.63) is 48.7 Å². The highest BCUT2D eigenvalue weighted by atomic mass is 15.5. The Labute approximate surface area is 97.5 Å². The fourth-order valence-corrected chi connectivity index (χ4v) is 1.70. The van der Waals surface area contributed by atoms with Gasteiger partial charge in [0.05, 0.1) is 0 Å². The molecular formula is C12H9N5. The number of nitrogens with zero attached hydrogens (tertiary/aromatic N) is 4. The van der Waals surface area contributed by atoms with Gasteiger partial charge in [0.25, 0.3) is 0 Å². The maximum absolute atomic E-state index is 4.31. The van der Waals surface area contributed by atoms with Crippen LogP contribution in [0.1, 0.15) is 0 Å². The maximum Gasteiger partial charge on any atom is 0.223 e. The first-order valence-electron chi connectivity index (χ1n) is 5.19. The number of H-pyrrole nitrogens is 1. The molecule has 5 nitrogen and oxygen atoms in total. The zero-order chi connectivity index (χ0) is 11.5. The molecule has 0 aliphatic heterocycles. The Morgan fingerprint density at radius 3 is 2.59 bits per heavy atom. The van der Waals surface area contributed by atoms with Crippen molar-refractivity contribution in [1.29, 1.82) is 0 Å². The lowest BCUT2D eigenvalue weighted by Gasteiger charge is -2.04. The van der Waals surface area contributed by atoms with Gasteiger partial charge in [0.1, 0.15) is 5.69 Å². The van der Waals surface area contributed by atoms with E-state index in [-0.39, 0.29) is 0 Å². The van der Waals surface area contributed by atoms with Crippen molar-refractivity contribution in [2.45, 2.75) is 0 Å². The first-order valence-corrected chi connectivity index (χ1v) is 5.19. The average molecular weight is 223 g/mol. The molecule has 0 amide bonds. The number of aromatic nitrogens is 5. The summed E-state index contributed by atoms with van der Waals surface area (Å²) in [5, 5.41) is 13.9. The van der Waals surface area contributed by atoms with Gasteiger partial charge in [-0.2, -0.15) is 5.21 Å². The van der Waals surface area contributed by atoms with Crippen LogP contribution in [0.25, 0.3) is 22.6 Å². The van der Waals surface area contributed by atoms with Gasteiger partial charge < -0.3 is 0 Å². The van der Waals surface area contributed by atoms with Crippen LogP contribution in [-0.2, 0) is 0 Å². The largest absolute Gasteiger partial charge is 0.252 e. The van der Waals surface area contributed by atoms with Gasteiger partial charge in [0, 0.05) is 11.8 Å². The summed E-state index contributed by atoms with van der Waals surface area (Å²) in [6.07, 6.45) is 1.72. The number of rotatable bonds is 2. The minimum absolute atomic E-state index is 0.504. The van der Waals surface area contributed by atoms with E-state index in [4.69, 9.17) is 0 Å². The first-order chi connectivity index (χ1) is 8.45. The van der Waals surface area contributed by atoms with Crippen LogP contribution >= 0.6 is 0 Å².